The van der Waals surface area contributed by atoms with Crippen LogP contribution in [0.2, 0.25) is 0 Å². The van der Waals surface area contributed by atoms with Crippen LogP contribution in [0.1, 0.15) is 24.1 Å². The molecule has 1 fully saturated rings. The molecule has 0 radical (unpaired) electrons. The first-order valence-corrected chi connectivity index (χ1v) is 6.12. The van der Waals surface area contributed by atoms with Gasteiger partial charge in [-0.05, 0) is 37.1 Å². The molecule has 1 heterocycles. The summed E-state index contributed by atoms with van der Waals surface area (Å²) in [7, 11) is 0. The Morgan fingerprint density at radius 1 is 1.60 bits per heavy atom. The zero-order valence-electron chi connectivity index (χ0n) is 8.53. The summed E-state index contributed by atoms with van der Waals surface area (Å²) in [6.45, 7) is 0.757. The van der Waals surface area contributed by atoms with Gasteiger partial charge in [0.2, 0.25) is 0 Å². The summed E-state index contributed by atoms with van der Waals surface area (Å²) in [6.07, 6.45) is 3.49. The van der Waals surface area contributed by atoms with E-state index in [1.54, 1.807) is 11.3 Å². The minimum absolute atomic E-state index is 0.614. The largest absolute Gasteiger partial charge is 0.480 e. The lowest BCUT2D eigenvalue weighted by molar-refractivity contribution is -0.148. The van der Waals surface area contributed by atoms with Crippen LogP contribution in [0.25, 0.3) is 0 Å². The molecule has 0 saturated heterocycles. The van der Waals surface area contributed by atoms with Crippen molar-refractivity contribution in [2.75, 3.05) is 6.54 Å². The van der Waals surface area contributed by atoms with Gasteiger partial charge in [-0.3, -0.25) is 4.79 Å². The van der Waals surface area contributed by atoms with Crippen LogP contribution in [0.5, 0.6) is 0 Å². The standard InChI is InChI=1S/C11H15NO2S/c13-10(14)11(5-2-6-11)12-7-4-9-3-1-8-15-9/h1,3,8,12H,2,4-7H2,(H,13,14). The molecule has 1 aliphatic rings. The second kappa shape index (κ2) is 4.33. The van der Waals surface area contributed by atoms with Crippen LogP contribution in [0.3, 0.4) is 0 Å². The molecule has 0 atom stereocenters. The molecule has 3 nitrogen and oxygen atoms in total. The van der Waals surface area contributed by atoms with Gasteiger partial charge in [0.15, 0.2) is 0 Å². The topological polar surface area (TPSA) is 49.3 Å². The van der Waals surface area contributed by atoms with Gasteiger partial charge in [0, 0.05) is 11.4 Å². The first-order valence-electron chi connectivity index (χ1n) is 5.24. The van der Waals surface area contributed by atoms with E-state index in [9.17, 15) is 4.79 Å². The lowest BCUT2D eigenvalue weighted by atomic mass is 9.77. The molecular weight excluding hydrogens is 210 g/mol. The lowest BCUT2D eigenvalue weighted by Crippen LogP contribution is -2.57. The van der Waals surface area contributed by atoms with Crippen LogP contribution in [0.15, 0.2) is 17.5 Å². The zero-order chi connectivity index (χ0) is 10.7. The van der Waals surface area contributed by atoms with E-state index in [2.05, 4.69) is 11.4 Å². The molecule has 0 aromatic carbocycles. The Kier molecular flexibility index (Phi) is 3.07. The third kappa shape index (κ3) is 2.21. The van der Waals surface area contributed by atoms with E-state index >= 15 is 0 Å². The monoisotopic (exact) mass is 225 g/mol. The summed E-state index contributed by atoms with van der Waals surface area (Å²) >= 11 is 1.72. The molecule has 15 heavy (non-hydrogen) atoms. The summed E-state index contributed by atoms with van der Waals surface area (Å²) in [5, 5.41) is 14.3. The van der Waals surface area contributed by atoms with Gasteiger partial charge in [0.25, 0.3) is 0 Å². The van der Waals surface area contributed by atoms with Crippen LogP contribution < -0.4 is 5.32 Å². The fraction of sp³-hybridized carbons (Fsp3) is 0.545. The third-order valence-electron chi connectivity index (χ3n) is 3.03. The van der Waals surface area contributed by atoms with Crippen LogP contribution in [-0.2, 0) is 11.2 Å². The van der Waals surface area contributed by atoms with Crippen molar-refractivity contribution in [3.05, 3.63) is 22.4 Å². The maximum atomic E-state index is 11.0. The van der Waals surface area contributed by atoms with Crippen molar-refractivity contribution in [1.82, 2.24) is 5.32 Å². The average Bonchev–Trinajstić information content (AvgIpc) is 2.61. The number of carboxylic acids is 1. The Labute approximate surface area is 93.1 Å². The van der Waals surface area contributed by atoms with Gasteiger partial charge >= 0.3 is 5.97 Å². The molecule has 82 valence electrons. The Morgan fingerprint density at radius 2 is 2.40 bits per heavy atom. The first-order chi connectivity index (χ1) is 7.23. The Balaban J connectivity index is 1.80. The van der Waals surface area contributed by atoms with Crippen molar-refractivity contribution in [1.29, 1.82) is 0 Å². The number of rotatable bonds is 5. The summed E-state index contributed by atoms with van der Waals surface area (Å²) in [5.41, 5.74) is -0.614. The van der Waals surface area contributed by atoms with Gasteiger partial charge in [-0.1, -0.05) is 6.07 Å². The molecule has 1 aromatic heterocycles. The number of aliphatic carboxylic acids is 1. The highest BCUT2D eigenvalue weighted by Gasteiger charge is 2.43. The normalized spacial score (nSPS) is 18.4. The van der Waals surface area contributed by atoms with Crippen molar-refractivity contribution >= 4 is 17.3 Å². The number of carbonyl (C=O) groups is 1. The van der Waals surface area contributed by atoms with Gasteiger partial charge in [-0.25, -0.2) is 0 Å². The number of carboxylic acid groups (broad SMARTS) is 1. The molecule has 1 aromatic rings. The van der Waals surface area contributed by atoms with Gasteiger partial charge < -0.3 is 10.4 Å². The van der Waals surface area contributed by atoms with Crippen LogP contribution in [0.4, 0.5) is 0 Å². The molecule has 4 heteroatoms. The summed E-state index contributed by atoms with van der Waals surface area (Å²) in [6, 6.07) is 4.11. The second-order valence-electron chi connectivity index (χ2n) is 4.00. The maximum absolute atomic E-state index is 11.0. The predicted molar refractivity (Wildman–Crippen MR) is 60.2 cm³/mol. The number of thiophene rings is 1. The fourth-order valence-electron chi connectivity index (χ4n) is 1.88. The maximum Gasteiger partial charge on any atom is 0.323 e. The molecule has 2 N–H and O–H groups in total. The minimum atomic E-state index is -0.695. The molecule has 2 rings (SSSR count). The summed E-state index contributed by atoms with van der Waals surface area (Å²) in [4.78, 5) is 12.3. The van der Waals surface area contributed by atoms with Gasteiger partial charge in [-0.15, -0.1) is 11.3 Å². The summed E-state index contributed by atoms with van der Waals surface area (Å²) in [5.74, 6) is -0.695. The van der Waals surface area contributed by atoms with Crippen molar-refractivity contribution in [3.63, 3.8) is 0 Å². The van der Waals surface area contributed by atoms with Crippen LogP contribution in [-0.4, -0.2) is 23.2 Å². The van der Waals surface area contributed by atoms with E-state index in [-0.39, 0.29) is 0 Å². The second-order valence-corrected chi connectivity index (χ2v) is 5.03. The Hall–Kier alpha value is -0.870. The van der Waals surface area contributed by atoms with Gasteiger partial charge in [0.1, 0.15) is 5.54 Å². The third-order valence-corrected chi connectivity index (χ3v) is 3.97. The SMILES string of the molecule is O=C(O)C1(NCCc2cccs2)CCC1. The van der Waals surface area contributed by atoms with E-state index in [4.69, 9.17) is 5.11 Å². The fourth-order valence-corrected chi connectivity index (χ4v) is 2.59. The number of hydrogen-bond donors (Lipinski definition) is 2. The smallest absolute Gasteiger partial charge is 0.323 e. The molecule has 0 unspecified atom stereocenters. The van der Waals surface area contributed by atoms with Crippen molar-refractivity contribution in [2.24, 2.45) is 0 Å². The Bertz CT molecular complexity index is 330. The quantitative estimate of drug-likeness (QED) is 0.804. The van der Waals surface area contributed by atoms with E-state index in [0.29, 0.717) is 0 Å². The Morgan fingerprint density at radius 3 is 2.87 bits per heavy atom. The predicted octanol–water partition coefficient (Wildman–Crippen LogP) is 1.89. The van der Waals surface area contributed by atoms with Crippen LogP contribution in [0, 0.1) is 0 Å². The molecule has 0 amide bonds. The highest BCUT2D eigenvalue weighted by atomic mass is 32.1. The zero-order valence-corrected chi connectivity index (χ0v) is 9.35. The van der Waals surface area contributed by atoms with Crippen LogP contribution >= 0.6 is 11.3 Å². The molecule has 1 aliphatic carbocycles. The van der Waals surface area contributed by atoms with Crippen molar-refractivity contribution < 1.29 is 9.90 Å². The van der Waals surface area contributed by atoms with E-state index < -0.39 is 11.5 Å². The summed E-state index contributed by atoms with van der Waals surface area (Å²) < 4.78 is 0. The van der Waals surface area contributed by atoms with Gasteiger partial charge in [0.05, 0.1) is 0 Å². The average molecular weight is 225 g/mol. The number of hydrogen-bond acceptors (Lipinski definition) is 3. The van der Waals surface area contributed by atoms with Gasteiger partial charge in [-0.2, -0.15) is 0 Å². The van der Waals surface area contributed by atoms with Crippen molar-refractivity contribution in [2.45, 2.75) is 31.2 Å². The van der Waals surface area contributed by atoms with E-state index in [1.807, 2.05) is 11.4 Å². The highest BCUT2D eigenvalue weighted by Crippen LogP contribution is 2.31. The molecule has 1 saturated carbocycles. The molecule has 0 spiro atoms. The molecule has 0 aliphatic heterocycles. The minimum Gasteiger partial charge on any atom is -0.480 e. The molecular formula is C11H15NO2S. The van der Waals surface area contributed by atoms with E-state index in [1.165, 1.54) is 4.88 Å². The van der Waals surface area contributed by atoms with E-state index in [0.717, 1.165) is 32.2 Å². The van der Waals surface area contributed by atoms with Crippen molar-refractivity contribution in [3.8, 4) is 0 Å². The highest BCUT2D eigenvalue weighted by molar-refractivity contribution is 7.09. The lowest BCUT2D eigenvalue weighted by Gasteiger charge is -2.38. The molecule has 0 bridgehead atoms. The first kappa shape index (κ1) is 10.6. The number of nitrogens with one attached hydrogen (secondary N) is 1.